The summed E-state index contributed by atoms with van der Waals surface area (Å²) in [6.45, 7) is -0.0467. The van der Waals surface area contributed by atoms with Crippen LogP contribution in [0.4, 0.5) is 26.3 Å². The molecule has 2 aromatic rings. The van der Waals surface area contributed by atoms with Crippen molar-refractivity contribution in [1.82, 2.24) is 20.4 Å². The Morgan fingerprint density at radius 3 is 1.21 bits per heavy atom. The van der Waals surface area contributed by atoms with Crippen molar-refractivity contribution < 1.29 is 55.0 Å². The number of nitrogens with one attached hydrogen (secondary N) is 2. The van der Waals surface area contributed by atoms with Crippen LogP contribution in [0, 0.1) is 0 Å². The Bertz CT molecular complexity index is 1470. The molecule has 0 aromatic heterocycles. The van der Waals surface area contributed by atoms with Gasteiger partial charge >= 0.3 is 24.2 Å². The van der Waals surface area contributed by atoms with Crippen molar-refractivity contribution >= 4 is 23.6 Å². The molecule has 2 heterocycles. The number of hydrogen-bond acceptors (Lipinski definition) is 6. The maximum Gasteiger partial charge on any atom is 0.471 e. The number of alkyl halides is 6. The third kappa shape index (κ3) is 12.4. The molecule has 2 aromatic carbocycles. The highest BCUT2D eigenvalue weighted by atomic mass is 19.4. The highest BCUT2D eigenvalue weighted by Gasteiger charge is 2.51. The topological polar surface area (TPSA) is 117 Å². The second-order valence-corrected chi connectivity index (χ2v) is 14.9. The minimum Gasteiger partial charge on any atom is -0.372 e. The van der Waals surface area contributed by atoms with Crippen LogP contribution in [0.25, 0.3) is 0 Å². The first kappa shape index (κ1) is 43.0. The minimum absolute atomic E-state index is 0.0339. The van der Waals surface area contributed by atoms with Crippen LogP contribution in [0.1, 0.15) is 88.2 Å². The Hall–Kier alpha value is -4.18. The number of halogens is 6. The molecule has 2 N–H and O–H groups in total. The molecule has 4 atom stereocenters. The summed E-state index contributed by atoms with van der Waals surface area (Å²) in [5, 5.41) is 5.67. The molecular formula is C40H50F6N4O6. The zero-order valence-corrected chi connectivity index (χ0v) is 31.2. The summed E-state index contributed by atoms with van der Waals surface area (Å²) in [5.41, 5.74) is 1.76. The van der Waals surface area contributed by atoms with Crippen molar-refractivity contribution in [2.45, 2.75) is 139 Å². The van der Waals surface area contributed by atoms with Crippen LogP contribution in [0.3, 0.4) is 0 Å². The third-order valence-corrected chi connectivity index (χ3v) is 10.7. The van der Waals surface area contributed by atoms with Gasteiger partial charge in [-0.2, -0.15) is 26.3 Å². The van der Waals surface area contributed by atoms with Gasteiger partial charge in [0.1, 0.15) is 12.1 Å². The van der Waals surface area contributed by atoms with Crippen molar-refractivity contribution in [2.75, 3.05) is 13.1 Å². The molecule has 2 aliphatic heterocycles. The molecule has 6 rings (SSSR count). The van der Waals surface area contributed by atoms with Crippen LogP contribution in [0.15, 0.2) is 60.7 Å². The average Bonchev–Trinajstić information content (AvgIpc) is 3.82. The van der Waals surface area contributed by atoms with E-state index in [-0.39, 0.29) is 51.2 Å². The predicted molar refractivity (Wildman–Crippen MR) is 192 cm³/mol. The van der Waals surface area contributed by atoms with Crippen LogP contribution in [-0.4, -0.2) is 95.2 Å². The first-order valence-electron chi connectivity index (χ1n) is 19.4. The first-order chi connectivity index (χ1) is 26.7. The highest BCUT2D eigenvalue weighted by molar-refractivity contribution is 5.91. The monoisotopic (exact) mass is 796 g/mol. The third-order valence-electron chi connectivity index (χ3n) is 10.7. The Balaban J connectivity index is 0.000000214. The normalized spacial score (nSPS) is 23.6. The van der Waals surface area contributed by atoms with E-state index in [1.54, 1.807) is 0 Å². The number of carbonyl (C=O) groups is 4. The lowest BCUT2D eigenvalue weighted by molar-refractivity contribution is -0.187. The molecule has 16 heteroatoms. The van der Waals surface area contributed by atoms with E-state index < -0.39 is 60.3 Å². The van der Waals surface area contributed by atoms with E-state index in [4.69, 9.17) is 9.47 Å². The molecule has 2 aliphatic carbocycles. The second kappa shape index (κ2) is 19.8. The number of rotatable bonds is 10. The Morgan fingerprint density at radius 1 is 0.554 bits per heavy atom. The lowest BCUT2D eigenvalue weighted by Gasteiger charge is -2.28. The van der Waals surface area contributed by atoms with Gasteiger partial charge < -0.3 is 29.9 Å². The van der Waals surface area contributed by atoms with Crippen LogP contribution in [0.5, 0.6) is 0 Å². The van der Waals surface area contributed by atoms with Crippen LogP contribution in [-0.2, 0) is 41.9 Å². The van der Waals surface area contributed by atoms with Crippen LogP contribution >= 0.6 is 0 Å². The number of ether oxygens (including phenoxy) is 2. The number of amides is 4. The average molecular weight is 797 g/mol. The fourth-order valence-corrected chi connectivity index (χ4v) is 7.77. The molecular weight excluding hydrogens is 746 g/mol. The zero-order valence-electron chi connectivity index (χ0n) is 31.2. The summed E-state index contributed by atoms with van der Waals surface area (Å²) in [4.78, 5) is 50.3. The van der Waals surface area contributed by atoms with Crippen LogP contribution < -0.4 is 10.6 Å². The Kier molecular flexibility index (Phi) is 15.2. The van der Waals surface area contributed by atoms with Crippen molar-refractivity contribution in [3.8, 4) is 0 Å². The molecule has 10 nitrogen and oxygen atoms in total. The second-order valence-electron chi connectivity index (χ2n) is 14.9. The maximum absolute atomic E-state index is 13.0. The van der Waals surface area contributed by atoms with Gasteiger partial charge in [0.15, 0.2) is 0 Å². The van der Waals surface area contributed by atoms with Crippen LogP contribution in [0.2, 0.25) is 0 Å². The van der Waals surface area contributed by atoms with E-state index in [0.717, 1.165) is 75.3 Å². The quantitative estimate of drug-likeness (QED) is 0.270. The Morgan fingerprint density at radius 2 is 0.893 bits per heavy atom. The van der Waals surface area contributed by atoms with E-state index >= 15 is 0 Å². The van der Waals surface area contributed by atoms with Gasteiger partial charge in [-0.15, -0.1) is 0 Å². The lowest BCUT2D eigenvalue weighted by atomic mass is 9.95. The van der Waals surface area contributed by atoms with Gasteiger partial charge in [-0.1, -0.05) is 99.2 Å². The maximum atomic E-state index is 13.0. The largest absolute Gasteiger partial charge is 0.471 e. The lowest BCUT2D eigenvalue weighted by Crippen LogP contribution is -2.52. The summed E-state index contributed by atoms with van der Waals surface area (Å²) in [5.74, 6) is -5.00. The molecule has 0 spiro atoms. The van der Waals surface area contributed by atoms with Gasteiger partial charge in [-0.25, -0.2) is 0 Å². The highest BCUT2D eigenvalue weighted by Crippen LogP contribution is 2.30. The van der Waals surface area contributed by atoms with E-state index in [1.165, 1.54) is 0 Å². The smallest absolute Gasteiger partial charge is 0.372 e. The summed E-state index contributed by atoms with van der Waals surface area (Å²) < 4.78 is 89.5. The van der Waals surface area contributed by atoms with E-state index in [0.29, 0.717) is 9.80 Å². The number of carbonyl (C=O) groups excluding carboxylic acids is 4. The van der Waals surface area contributed by atoms with E-state index in [1.807, 2.05) is 60.7 Å². The zero-order chi connectivity index (χ0) is 40.3. The summed E-state index contributed by atoms with van der Waals surface area (Å²) in [6, 6.07) is 16.1. The number of likely N-dealkylation sites (tertiary alicyclic amines) is 2. The standard InChI is InChI=1S/2C20H25F3N2O3/c2*21-20(22,23)19(27)25-12-16(28-13-14-7-3-1-4-8-14)11-17(25)18(26)24-15-9-5-2-6-10-15/h2*1,3-4,7-8,15-17H,2,5-6,9-13H2,(H,24,26)/t2*16-,17-/m00/s1. The fourth-order valence-electron chi connectivity index (χ4n) is 7.77. The summed E-state index contributed by atoms with van der Waals surface area (Å²) >= 11 is 0. The number of benzene rings is 2. The predicted octanol–water partition coefficient (Wildman–Crippen LogP) is 6.37. The van der Waals surface area contributed by atoms with Gasteiger partial charge in [0.25, 0.3) is 0 Å². The molecule has 0 radical (unpaired) electrons. The van der Waals surface area contributed by atoms with E-state index in [2.05, 4.69) is 10.6 Å². The number of hydrogen-bond donors (Lipinski definition) is 2. The van der Waals surface area contributed by atoms with Gasteiger partial charge in [0.2, 0.25) is 11.8 Å². The number of nitrogens with zero attached hydrogens (tertiary/aromatic N) is 2. The molecule has 4 fully saturated rings. The first-order valence-corrected chi connectivity index (χ1v) is 19.4. The van der Waals surface area contributed by atoms with Gasteiger partial charge in [0, 0.05) is 38.0 Å². The van der Waals surface area contributed by atoms with Gasteiger partial charge in [-0.3, -0.25) is 19.2 Å². The van der Waals surface area contributed by atoms with Gasteiger partial charge in [-0.05, 0) is 36.8 Å². The SMILES string of the molecule is O=C(NC1CCCCC1)[C@@H]1C[C@H](OCc2ccccc2)CN1C(=O)C(F)(F)F.O=C(NC1CCCCC1)[C@@H]1C[C@H](OCc2ccccc2)CN1C(=O)C(F)(F)F. The molecule has 308 valence electrons. The van der Waals surface area contributed by atoms with Crippen molar-refractivity contribution in [1.29, 1.82) is 0 Å². The van der Waals surface area contributed by atoms with Crippen molar-refractivity contribution in [2.24, 2.45) is 0 Å². The molecule has 56 heavy (non-hydrogen) atoms. The molecule has 0 bridgehead atoms. The molecule has 2 saturated heterocycles. The fraction of sp³-hybridized carbons (Fsp3) is 0.600. The molecule has 2 saturated carbocycles. The molecule has 4 amide bonds. The van der Waals surface area contributed by atoms with Gasteiger partial charge in [0.05, 0.1) is 25.4 Å². The van der Waals surface area contributed by atoms with Crippen molar-refractivity contribution in [3.05, 3.63) is 71.8 Å². The van der Waals surface area contributed by atoms with Crippen molar-refractivity contribution in [3.63, 3.8) is 0 Å². The Labute approximate surface area is 322 Å². The van der Waals surface area contributed by atoms with E-state index in [9.17, 15) is 45.5 Å². The summed E-state index contributed by atoms with van der Waals surface area (Å²) in [6.07, 6.45) is -1.70. The minimum atomic E-state index is -5.02. The summed E-state index contributed by atoms with van der Waals surface area (Å²) in [7, 11) is 0. The molecule has 0 unspecified atom stereocenters. The molecule has 4 aliphatic rings.